The van der Waals surface area contributed by atoms with E-state index in [1.54, 1.807) is 0 Å². The van der Waals surface area contributed by atoms with Gasteiger partial charge < -0.3 is 4.40 Å². The van der Waals surface area contributed by atoms with Crippen LogP contribution in [-0.2, 0) is 6.42 Å². The van der Waals surface area contributed by atoms with Crippen LogP contribution in [0.25, 0.3) is 5.65 Å². The third-order valence-electron chi connectivity index (χ3n) is 2.42. The molecule has 72 valence electrons. The lowest BCUT2D eigenvalue weighted by molar-refractivity contribution is 1.01. The van der Waals surface area contributed by atoms with Crippen LogP contribution in [0, 0.1) is 6.92 Å². The van der Waals surface area contributed by atoms with Crippen molar-refractivity contribution in [2.75, 3.05) is 0 Å². The molecule has 0 N–H and O–H groups in total. The number of imidazole rings is 1. The lowest BCUT2D eigenvalue weighted by Crippen LogP contribution is -1.97. The molecule has 0 aromatic carbocycles. The Morgan fingerprint density at radius 2 is 2.29 bits per heavy atom. The number of nitrogens with zero attached hydrogens (tertiary/aromatic N) is 2. The van der Waals surface area contributed by atoms with Crippen molar-refractivity contribution in [2.45, 2.75) is 20.3 Å². The van der Waals surface area contributed by atoms with Crippen molar-refractivity contribution in [1.29, 1.82) is 0 Å². The van der Waals surface area contributed by atoms with E-state index in [4.69, 9.17) is 0 Å². The van der Waals surface area contributed by atoms with Crippen LogP contribution in [0.1, 0.15) is 18.2 Å². The minimum absolute atomic E-state index is 0.944. The number of aryl methyl sites for hydroxylation is 1. The molecule has 0 unspecified atom stereocenters. The lowest BCUT2D eigenvalue weighted by atomic mass is 10.1. The van der Waals surface area contributed by atoms with Gasteiger partial charge in [-0.15, -0.1) is 0 Å². The van der Waals surface area contributed by atoms with Gasteiger partial charge in [0.1, 0.15) is 5.65 Å². The minimum Gasteiger partial charge on any atom is -0.304 e. The quantitative estimate of drug-likeness (QED) is 0.659. The van der Waals surface area contributed by atoms with Gasteiger partial charge in [-0.05, 0) is 31.9 Å². The predicted octanol–water partition coefficient (Wildman–Crippen LogP) is 2.76. The van der Waals surface area contributed by atoms with Gasteiger partial charge >= 0.3 is 0 Å². The molecule has 0 aliphatic rings. The second kappa shape index (κ2) is 3.29. The van der Waals surface area contributed by atoms with E-state index in [2.05, 4.69) is 35.9 Å². The van der Waals surface area contributed by atoms with Crippen molar-refractivity contribution < 1.29 is 0 Å². The zero-order valence-electron chi connectivity index (χ0n) is 8.62. The number of hydrogen-bond acceptors (Lipinski definition) is 1. The number of allylic oxidation sites excluding steroid dienone is 1. The molecule has 0 aliphatic carbocycles. The molecule has 0 spiro atoms. The van der Waals surface area contributed by atoms with Crippen molar-refractivity contribution >= 4 is 5.65 Å². The predicted molar refractivity (Wildman–Crippen MR) is 58.4 cm³/mol. The molecule has 2 aromatic rings. The van der Waals surface area contributed by atoms with E-state index in [9.17, 15) is 0 Å². The molecule has 0 atom stereocenters. The molecule has 0 saturated carbocycles. The molecule has 0 saturated heterocycles. The third kappa shape index (κ3) is 1.43. The molecule has 2 rings (SSSR count). The normalized spacial score (nSPS) is 10.7. The first kappa shape index (κ1) is 9.00. The number of aromatic nitrogens is 2. The summed E-state index contributed by atoms with van der Waals surface area (Å²) in [6.07, 6.45) is 4.76. The van der Waals surface area contributed by atoms with Gasteiger partial charge in [0.05, 0.1) is 0 Å². The van der Waals surface area contributed by atoms with Crippen LogP contribution in [0.2, 0.25) is 0 Å². The summed E-state index contributed by atoms with van der Waals surface area (Å²) < 4.78 is 2.11. The van der Waals surface area contributed by atoms with Crippen molar-refractivity contribution in [3.05, 3.63) is 47.9 Å². The van der Waals surface area contributed by atoms with Crippen molar-refractivity contribution in [3.8, 4) is 0 Å². The van der Waals surface area contributed by atoms with Crippen LogP contribution in [-0.4, -0.2) is 9.38 Å². The third-order valence-corrected chi connectivity index (χ3v) is 2.42. The smallest absolute Gasteiger partial charge is 0.136 e. The highest BCUT2D eigenvalue weighted by molar-refractivity contribution is 5.43. The number of fused-ring (bicyclic) bond motifs is 1. The fourth-order valence-electron chi connectivity index (χ4n) is 1.68. The van der Waals surface area contributed by atoms with E-state index in [-0.39, 0.29) is 0 Å². The summed E-state index contributed by atoms with van der Waals surface area (Å²) >= 11 is 0. The fourth-order valence-corrected chi connectivity index (χ4v) is 1.68. The average Bonchev–Trinajstić information content (AvgIpc) is 2.57. The van der Waals surface area contributed by atoms with Gasteiger partial charge in [0, 0.05) is 18.1 Å². The van der Waals surface area contributed by atoms with E-state index in [1.165, 1.54) is 16.8 Å². The minimum atomic E-state index is 0.944. The van der Waals surface area contributed by atoms with Crippen LogP contribution in [0.15, 0.2) is 36.7 Å². The lowest BCUT2D eigenvalue weighted by Gasteiger charge is -2.07. The maximum atomic E-state index is 4.24. The molecule has 0 amide bonds. The molecule has 14 heavy (non-hydrogen) atoms. The first-order valence-corrected chi connectivity index (χ1v) is 4.74. The largest absolute Gasteiger partial charge is 0.304 e. The summed E-state index contributed by atoms with van der Waals surface area (Å²) in [5.74, 6) is 0. The second-order valence-electron chi connectivity index (χ2n) is 3.73. The number of pyridine rings is 1. The Bertz CT molecular complexity index is 480. The Kier molecular flexibility index (Phi) is 2.12. The standard InChI is InChI=1S/C12H14N2/c1-9(2)8-11-4-5-12-13-6-7-14(12)10(11)3/h4-7H,1,8H2,2-3H3. The molecule has 0 radical (unpaired) electrons. The molecule has 2 aromatic heterocycles. The first-order valence-electron chi connectivity index (χ1n) is 4.74. The Labute approximate surface area is 83.9 Å². The maximum absolute atomic E-state index is 4.24. The summed E-state index contributed by atoms with van der Waals surface area (Å²) in [6.45, 7) is 8.11. The summed E-state index contributed by atoms with van der Waals surface area (Å²) in [6, 6.07) is 4.18. The van der Waals surface area contributed by atoms with E-state index < -0.39 is 0 Å². The highest BCUT2D eigenvalue weighted by Crippen LogP contribution is 2.14. The summed E-state index contributed by atoms with van der Waals surface area (Å²) in [7, 11) is 0. The highest BCUT2D eigenvalue weighted by atomic mass is 15.0. The Balaban J connectivity index is 2.56. The highest BCUT2D eigenvalue weighted by Gasteiger charge is 2.03. The van der Waals surface area contributed by atoms with Crippen LogP contribution in [0.5, 0.6) is 0 Å². The van der Waals surface area contributed by atoms with Gasteiger partial charge in [0.2, 0.25) is 0 Å². The average molecular weight is 186 g/mol. The molecule has 0 fully saturated rings. The molecular formula is C12H14N2. The fraction of sp³-hybridized carbons (Fsp3) is 0.250. The van der Waals surface area contributed by atoms with Gasteiger partial charge in [0.25, 0.3) is 0 Å². The van der Waals surface area contributed by atoms with Crippen LogP contribution < -0.4 is 0 Å². The van der Waals surface area contributed by atoms with Crippen LogP contribution in [0.3, 0.4) is 0 Å². The Hall–Kier alpha value is -1.57. The topological polar surface area (TPSA) is 17.3 Å². The Morgan fingerprint density at radius 1 is 1.50 bits per heavy atom. The maximum Gasteiger partial charge on any atom is 0.136 e. The first-order chi connectivity index (χ1) is 6.68. The van der Waals surface area contributed by atoms with Gasteiger partial charge in [-0.2, -0.15) is 0 Å². The van der Waals surface area contributed by atoms with Gasteiger partial charge in [-0.1, -0.05) is 18.2 Å². The summed E-state index contributed by atoms with van der Waals surface area (Å²) in [5, 5.41) is 0. The van der Waals surface area contributed by atoms with Gasteiger partial charge in [0.15, 0.2) is 0 Å². The van der Waals surface area contributed by atoms with Gasteiger partial charge in [-0.25, -0.2) is 4.98 Å². The second-order valence-corrected chi connectivity index (χ2v) is 3.73. The van der Waals surface area contributed by atoms with Crippen molar-refractivity contribution in [2.24, 2.45) is 0 Å². The SMILES string of the molecule is C=C(C)Cc1ccc2nccn2c1C. The van der Waals surface area contributed by atoms with E-state index in [0.717, 1.165) is 12.1 Å². The molecule has 0 bridgehead atoms. The molecule has 2 heteroatoms. The van der Waals surface area contributed by atoms with E-state index in [0.29, 0.717) is 0 Å². The van der Waals surface area contributed by atoms with Crippen LogP contribution >= 0.6 is 0 Å². The molecular weight excluding hydrogens is 172 g/mol. The van der Waals surface area contributed by atoms with Crippen molar-refractivity contribution in [1.82, 2.24) is 9.38 Å². The molecule has 2 heterocycles. The summed E-state index contributed by atoms with van der Waals surface area (Å²) in [5.41, 5.74) is 4.77. The number of rotatable bonds is 2. The number of hydrogen-bond donors (Lipinski definition) is 0. The Morgan fingerprint density at radius 3 is 3.00 bits per heavy atom. The van der Waals surface area contributed by atoms with E-state index in [1.807, 2.05) is 18.5 Å². The van der Waals surface area contributed by atoms with Crippen LogP contribution in [0.4, 0.5) is 0 Å². The van der Waals surface area contributed by atoms with E-state index >= 15 is 0 Å². The monoisotopic (exact) mass is 186 g/mol. The molecule has 2 nitrogen and oxygen atoms in total. The molecule has 0 aliphatic heterocycles. The summed E-state index contributed by atoms with van der Waals surface area (Å²) in [4.78, 5) is 4.24. The van der Waals surface area contributed by atoms with Gasteiger partial charge in [-0.3, -0.25) is 0 Å². The van der Waals surface area contributed by atoms with Crippen molar-refractivity contribution in [3.63, 3.8) is 0 Å². The zero-order valence-corrected chi connectivity index (χ0v) is 8.62. The zero-order chi connectivity index (χ0) is 10.1.